The Morgan fingerprint density at radius 2 is 1.81 bits per heavy atom. The van der Waals surface area contributed by atoms with E-state index in [0.717, 1.165) is 0 Å². The van der Waals surface area contributed by atoms with Crippen molar-refractivity contribution in [2.45, 2.75) is 52.7 Å². The summed E-state index contributed by atoms with van der Waals surface area (Å²) in [5.74, 6) is 0.575. The lowest BCUT2D eigenvalue weighted by Gasteiger charge is -2.34. The second-order valence-electron chi connectivity index (χ2n) is 5.99. The molecular weight excluding hydrogens is 276 g/mol. The van der Waals surface area contributed by atoms with Crippen LogP contribution in [0.15, 0.2) is 0 Å². The predicted molar refractivity (Wildman–Crippen MR) is 76.3 cm³/mol. The third kappa shape index (κ3) is 2.68. The fourth-order valence-electron chi connectivity index (χ4n) is 2.78. The van der Waals surface area contributed by atoms with Crippen molar-refractivity contribution < 1.29 is 14.6 Å². The van der Waals surface area contributed by atoms with E-state index in [0.29, 0.717) is 35.3 Å². The van der Waals surface area contributed by atoms with Gasteiger partial charge in [0.2, 0.25) is 6.54 Å². The number of rotatable bonds is 3. The molecule has 0 spiro atoms. The van der Waals surface area contributed by atoms with Gasteiger partial charge in [-0.2, -0.15) is 0 Å². The Morgan fingerprint density at radius 1 is 1.19 bits per heavy atom. The predicted octanol–water partition coefficient (Wildman–Crippen LogP) is 3.09. The molecule has 0 saturated carbocycles. The van der Waals surface area contributed by atoms with Crippen LogP contribution in [0.3, 0.4) is 0 Å². The quantitative estimate of drug-likeness (QED) is 0.630. The van der Waals surface area contributed by atoms with Crippen molar-refractivity contribution in [3.8, 4) is 5.75 Å². The molecule has 1 aromatic rings. The van der Waals surface area contributed by atoms with Crippen molar-refractivity contribution >= 4 is 5.69 Å². The Hall–Kier alpha value is -2.18. The molecule has 0 aromatic heterocycles. The first-order valence-electron chi connectivity index (χ1n) is 6.74. The van der Waals surface area contributed by atoms with E-state index in [-0.39, 0.29) is 16.9 Å². The topological polar surface area (TPSA) is 95.5 Å². The lowest BCUT2D eigenvalue weighted by atomic mass is 9.87. The first-order valence-corrected chi connectivity index (χ1v) is 6.74. The molecule has 0 aliphatic carbocycles. The third-order valence-corrected chi connectivity index (χ3v) is 4.01. The second-order valence-corrected chi connectivity index (χ2v) is 5.99. The zero-order valence-corrected chi connectivity index (χ0v) is 12.6. The van der Waals surface area contributed by atoms with Crippen LogP contribution in [0.1, 0.15) is 42.5 Å². The van der Waals surface area contributed by atoms with Gasteiger partial charge >= 0.3 is 0 Å². The highest BCUT2D eigenvalue weighted by Crippen LogP contribution is 2.43. The van der Waals surface area contributed by atoms with E-state index >= 15 is 0 Å². The monoisotopic (exact) mass is 294 g/mol. The summed E-state index contributed by atoms with van der Waals surface area (Å²) in [7, 11) is 0. The van der Waals surface area contributed by atoms with Crippen LogP contribution in [-0.4, -0.2) is 15.4 Å². The van der Waals surface area contributed by atoms with Crippen LogP contribution in [0.5, 0.6) is 5.75 Å². The molecule has 114 valence electrons. The van der Waals surface area contributed by atoms with Crippen molar-refractivity contribution in [3.63, 3.8) is 0 Å². The zero-order chi connectivity index (χ0) is 15.9. The van der Waals surface area contributed by atoms with Crippen molar-refractivity contribution in [2.24, 2.45) is 0 Å². The molecule has 0 N–H and O–H groups in total. The van der Waals surface area contributed by atoms with E-state index in [1.165, 1.54) is 0 Å². The molecule has 0 saturated heterocycles. The van der Waals surface area contributed by atoms with Gasteiger partial charge in [-0.1, -0.05) is 0 Å². The normalized spacial score (nSPS) is 16.0. The minimum atomic E-state index is -0.552. The lowest BCUT2D eigenvalue weighted by molar-refractivity contribution is -0.498. The van der Waals surface area contributed by atoms with Crippen LogP contribution < -0.4 is 4.74 Å². The van der Waals surface area contributed by atoms with Gasteiger partial charge in [-0.15, -0.1) is 0 Å². The summed E-state index contributed by atoms with van der Waals surface area (Å²) in [5.41, 5.74) is 1.40. The van der Waals surface area contributed by atoms with Gasteiger partial charge in [-0.3, -0.25) is 20.2 Å². The standard InChI is InChI=1S/C14H18N2O5/c1-8-9(2)13-10(5-6-14(3,4)21-13)11(7-15(17)18)12(8)16(19)20/h5-7H2,1-4H3. The molecule has 1 aliphatic rings. The van der Waals surface area contributed by atoms with Crippen LogP contribution in [0.4, 0.5) is 5.69 Å². The van der Waals surface area contributed by atoms with Crippen LogP contribution in [0, 0.1) is 34.1 Å². The fraction of sp³-hybridized carbons (Fsp3) is 0.571. The molecule has 1 heterocycles. The molecular formula is C14H18N2O5. The second kappa shape index (κ2) is 4.98. The first-order chi connectivity index (χ1) is 9.64. The van der Waals surface area contributed by atoms with E-state index in [1.54, 1.807) is 13.8 Å². The number of nitro groups is 2. The molecule has 0 bridgehead atoms. The average molecular weight is 294 g/mol. The molecule has 0 radical (unpaired) electrons. The van der Waals surface area contributed by atoms with E-state index in [9.17, 15) is 20.2 Å². The minimum absolute atomic E-state index is 0.147. The smallest absolute Gasteiger partial charge is 0.282 e. The van der Waals surface area contributed by atoms with Gasteiger partial charge in [-0.25, -0.2) is 0 Å². The Morgan fingerprint density at radius 3 is 2.33 bits per heavy atom. The molecule has 1 aromatic carbocycles. The van der Waals surface area contributed by atoms with Crippen molar-refractivity contribution in [2.75, 3.05) is 0 Å². The largest absolute Gasteiger partial charge is 0.487 e. The van der Waals surface area contributed by atoms with Crippen molar-refractivity contribution in [1.29, 1.82) is 0 Å². The van der Waals surface area contributed by atoms with E-state index in [4.69, 9.17) is 4.74 Å². The number of nitro benzene ring substituents is 1. The maximum atomic E-state index is 11.3. The van der Waals surface area contributed by atoms with Crippen LogP contribution in [0.2, 0.25) is 0 Å². The molecule has 21 heavy (non-hydrogen) atoms. The lowest BCUT2D eigenvalue weighted by Crippen LogP contribution is -2.34. The van der Waals surface area contributed by atoms with E-state index in [2.05, 4.69) is 0 Å². The van der Waals surface area contributed by atoms with Gasteiger partial charge in [0.05, 0.1) is 4.92 Å². The van der Waals surface area contributed by atoms with Crippen LogP contribution in [0.25, 0.3) is 0 Å². The average Bonchev–Trinajstić information content (AvgIpc) is 2.33. The Bertz CT molecular complexity index is 637. The number of fused-ring (bicyclic) bond motifs is 1. The van der Waals surface area contributed by atoms with Gasteiger partial charge in [0.15, 0.2) is 0 Å². The maximum absolute atomic E-state index is 11.3. The van der Waals surface area contributed by atoms with Crippen molar-refractivity contribution in [1.82, 2.24) is 0 Å². The number of hydrogen-bond donors (Lipinski definition) is 0. The summed E-state index contributed by atoms with van der Waals surface area (Å²) >= 11 is 0. The van der Waals surface area contributed by atoms with E-state index < -0.39 is 16.4 Å². The number of nitrogens with zero attached hydrogens (tertiary/aromatic N) is 2. The zero-order valence-electron chi connectivity index (χ0n) is 12.6. The Labute approximate surface area is 122 Å². The number of ether oxygens (including phenoxy) is 1. The van der Waals surface area contributed by atoms with Crippen molar-refractivity contribution in [3.05, 3.63) is 42.5 Å². The van der Waals surface area contributed by atoms with Gasteiger partial charge < -0.3 is 4.74 Å². The third-order valence-electron chi connectivity index (χ3n) is 4.01. The fourth-order valence-corrected chi connectivity index (χ4v) is 2.78. The molecule has 0 fully saturated rings. The highest BCUT2D eigenvalue weighted by atomic mass is 16.6. The van der Waals surface area contributed by atoms with E-state index in [1.807, 2.05) is 13.8 Å². The molecule has 0 atom stereocenters. The van der Waals surface area contributed by atoms with Gasteiger partial charge in [0.25, 0.3) is 5.69 Å². The number of hydrogen-bond acceptors (Lipinski definition) is 5. The summed E-state index contributed by atoms with van der Waals surface area (Å²) in [4.78, 5) is 21.2. The van der Waals surface area contributed by atoms with Crippen LogP contribution >= 0.6 is 0 Å². The van der Waals surface area contributed by atoms with Gasteiger partial charge in [0, 0.05) is 21.6 Å². The highest BCUT2D eigenvalue weighted by molar-refractivity contribution is 5.62. The summed E-state index contributed by atoms with van der Waals surface area (Å²) < 4.78 is 5.94. The van der Waals surface area contributed by atoms with Gasteiger partial charge in [0.1, 0.15) is 16.9 Å². The molecule has 7 nitrogen and oxygen atoms in total. The Balaban J connectivity index is 2.75. The Kier molecular flexibility index (Phi) is 3.61. The molecule has 7 heteroatoms. The highest BCUT2D eigenvalue weighted by Gasteiger charge is 2.36. The van der Waals surface area contributed by atoms with Crippen LogP contribution in [-0.2, 0) is 13.0 Å². The summed E-state index contributed by atoms with van der Waals surface area (Å²) in [6.07, 6.45) is 1.22. The summed E-state index contributed by atoms with van der Waals surface area (Å²) in [6.45, 7) is 6.71. The maximum Gasteiger partial charge on any atom is 0.282 e. The summed E-state index contributed by atoms with van der Waals surface area (Å²) in [5, 5.41) is 22.2. The summed E-state index contributed by atoms with van der Waals surface area (Å²) in [6, 6.07) is 0. The first kappa shape index (κ1) is 15.2. The molecule has 0 amide bonds. The molecule has 1 aliphatic heterocycles. The number of benzene rings is 1. The minimum Gasteiger partial charge on any atom is -0.487 e. The molecule has 2 rings (SSSR count). The SMILES string of the molecule is Cc1c(C)c([N+](=O)[O-])c(C[N+](=O)[O-])c2c1OC(C)(C)CC2. The van der Waals surface area contributed by atoms with Gasteiger partial charge in [-0.05, 0) is 40.5 Å². The molecule has 0 unspecified atom stereocenters.